The van der Waals surface area contributed by atoms with Crippen molar-refractivity contribution in [2.75, 3.05) is 38.7 Å². The van der Waals surface area contributed by atoms with E-state index in [-0.39, 0.29) is 51.9 Å². The largest absolute Gasteiger partial charge is 0.495 e. The summed E-state index contributed by atoms with van der Waals surface area (Å²) in [4.78, 5) is 29.9. The highest BCUT2D eigenvalue weighted by atomic mass is 35.5. The van der Waals surface area contributed by atoms with Crippen LogP contribution in [0.25, 0.3) is 0 Å². The van der Waals surface area contributed by atoms with E-state index in [9.17, 15) is 18.0 Å². The molecule has 2 amide bonds. The fourth-order valence-corrected chi connectivity index (χ4v) is 6.83. The van der Waals surface area contributed by atoms with Crippen molar-refractivity contribution in [2.45, 2.75) is 37.8 Å². The highest BCUT2D eigenvalue weighted by Crippen LogP contribution is 2.37. The fraction of sp³-hybridized carbons (Fsp3) is 0.297. The number of hydrogen-bond acceptors (Lipinski definition) is 7. The molecule has 0 bridgehead atoms. The van der Waals surface area contributed by atoms with Crippen molar-refractivity contribution in [1.29, 1.82) is 0 Å². The average molecular weight is 708 g/mol. The zero-order valence-corrected chi connectivity index (χ0v) is 29.8. The van der Waals surface area contributed by atoms with Gasteiger partial charge in [-0.3, -0.25) is 13.9 Å². The molecule has 0 unspecified atom stereocenters. The van der Waals surface area contributed by atoms with Crippen LogP contribution in [0.3, 0.4) is 0 Å². The molecule has 0 heterocycles. The molecule has 12 heteroatoms. The van der Waals surface area contributed by atoms with Gasteiger partial charge in [-0.1, -0.05) is 86.1 Å². The summed E-state index contributed by atoms with van der Waals surface area (Å²) in [6, 6.07) is 26.3. The molecule has 0 saturated heterocycles. The minimum atomic E-state index is -4.48. The lowest BCUT2D eigenvalue weighted by molar-refractivity contribution is -0.140. The number of sulfonamides is 1. The van der Waals surface area contributed by atoms with Crippen LogP contribution in [-0.4, -0.2) is 65.6 Å². The Morgan fingerprint density at radius 1 is 0.776 bits per heavy atom. The van der Waals surface area contributed by atoms with Gasteiger partial charge in [0.15, 0.2) is 11.5 Å². The molecule has 10 nitrogen and oxygen atoms in total. The molecule has 0 saturated carbocycles. The van der Waals surface area contributed by atoms with Crippen molar-refractivity contribution in [3.63, 3.8) is 0 Å². The van der Waals surface area contributed by atoms with Crippen LogP contribution in [-0.2, 0) is 32.6 Å². The summed E-state index contributed by atoms with van der Waals surface area (Å²) in [5.74, 6) is -0.117. The molecule has 0 aliphatic heterocycles. The van der Waals surface area contributed by atoms with Crippen LogP contribution in [0.5, 0.6) is 17.2 Å². The van der Waals surface area contributed by atoms with E-state index in [1.807, 2.05) is 74.5 Å². The number of nitrogens with one attached hydrogen (secondary N) is 1. The number of halogens is 1. The number of methoxy groups -OCH3 is 3. The molecule has 4 rings (SSSR count). The molecule has 0 fully saturated rings. The predicted molar refractivity (Wildman–Crippen MR) is 191 cm³/mol. The zero-order valence-electron chi connectivity index (χ0n) is 28.3. The first-order chi connectivity index (χ1) is 23.5. The van der Waals surface area contributed by atoms with E-state index in [2.05, 4.69) is 5.32 Å². The van der Waals surface area contributed by atoms with Gasteiger partial charge in [0.1, 0.15) is 18.3 Å². The van der Waals surface area contributed by atoms with Crippen molar-refractivity contribution >= 4 is 39.1 Å². The fourth-order valence-electron chi connectivity index (χ4n) is 5.23. The summed E-state index contributed by atoms with van der Waals surface area (Å²) in [5.41, 5.74) is 1.64. The predicted octanol–water partition coefficient (Wildman–Crippen LogP) is 5.97. The van der Waals surface area contributed by atoms with Crippen molar-refractivity contribution in [2.24, 2.45) is 5.92 Å². The summed E-state index contributed by atoms with van der Waals surface area (Å²) in [5, 5.41) is 3.21. The monoisotopic (exact) mass is 707 g/mol. The Bertz CT molecular complexity index is 1820. The van der Waals surface area contributed by atoms with Crippen LogP contribution in [0, 0.1) is 5.92 Å². The number of anilines is 1. The van der Waals surface area contributed by atoms with E-state index in [0.29, 0.717) is 12.3 Å². The second kappa shape index (κ2) is 17.1. The molecule has 0 aliphatic rings. The highest BCUT2D eigenvalue weighted by molar-refractivity contribution is 7.92. The van der Waals surface area contributed by atoms with E-state index < -0.39 is 28.5 Å². The minimum absolute atomic E-state index is 0.0432. The van der Waals surface area contributed by atoms with Gasteiger partial charge in [0, 0.05) is 30.6 Å². The van der Waals surface area contributed by atoms with Crippen molar-refractivity contribution < 1.29 is 32.2 Å². The standard InChI is InChI=1S/C37H42ClN3O7S/c1-26(2)23-39-37(43)32(20-27-12-8-6-9-13-27)40(24-28-14-10-7-11-15-28)36(42)25-41(31-21-29(38)16-18-33(31)46-3)49(44,45)30-17-19-34(47-4)35(22-30)48-5/h6-19,21-22,26,32H,20,23-25H2,1-5H3,(H,39,43)/t32-/m1/s1. The number of benzene rings is 4. The van der Waals surface area contributed by atoms with E-state index in [0.717, 1.165) is 15.4 Å². The van der Waals surface area contributed by atoms with E-state index in [4.69, 9.17) is 25.8 Å². The van der Waals surface area contributed by atoms with Crippen molar-refractivity contribution in [3.8, 4) is 17.2 Å². The molecular weight excluding hydrogens is 666 g/mol. The molecule has 0 spiro atoms. The smallest absolute Gasteiger partial charge is 0.265 e. The van der Waals surface area contributed by atoms with Gasteiger partial charge in [-0.15, -0.1) is 0 Å². The summed E-state index contributed by atoms with van der Waals surface area (Å²) in [6.07, 6.45) is 0.201. The first kappa shape index (κ1) is 37.1. The lowest BCUT2D eigenvalue weighted by atomic mass is 10.0. The van der Waals surface area contributed by atoms with Gasteiger partial charge < -0.3 is 24.4 Å². The number of carbonyl (C=O) groups excluding carboxylic acids is 2. The third kappa shape index (κ3) is 9.45. The van der Waals surface area contributed by atoms with Crippen molar-refractivity contribution in [1.82, 2.24) is 10.2 Å². The van der Waals surface area contributed by atoms with Gasteiger partial charge in [0.05, 0.1) is 31.9 Å². The maximum atomic E-state index is 14.7. The maximum absolute atomic E-state index is 14.7. The maximum Gasteiger partial charge on any atom is 0.265 e. The first-order valence-electron chi connectivity index (χ1n) is 15.7. The Labute approximate surface area is 293 Å². The second-order valence-corrected chi connectivity index (χ2v) is 14.0. The summed E-state index contributed by atoms with van der Waals surface area (Å²) >= 11 is 6.39. The summed E-state index contributed by atoms with van der Waals surface area (Å²) in [7, 11) is -0.243. The molecule has 1 atom stereocenters. The Hall–Kier alpha value is -4.74. The van der Waals surface area contributed by atoms with E-state index in [1.54, 1.807) is 6.07 Å². The Kier molecular flexibility index (Phi) is 12.9. The molecule has 4 aromatic carbocycles. The van der Waals surface area contributed by atoms with Crippen molar-refractivity contribution in [3.05, 3.63) is 113 Å². The van der Waals surface area contributed by atoms with Gasteiger partial charge in [-0.2, -0.15) is 0 Å². The molecular formula is C37H42ClN3O7S. The number of ether oxygens (including phenoxy) is 3. The zero-order chi connectivity index (χ0) is 35.6. The van der Waals surface area contributed by atoms with Crippen LogP contribution in [0.4, 0.5) is 5.69 Å². The first-order valence-corrected chi connectivity index (χ1v) is 17.5. The van der Waals surface area contributed by atoms with Gasteiger partial charge in [-0.25, -0.2) is 8.42 Å². The minimum Gasteiger partial charge on any atom is -0.495 e. The van der Waals surface area contributed by atoms with Crippen LogP contribution >= 0.6 is 11.6 Å². The summed E-state index contributed by atoms with van der Waals surface area (Å²) in [6.45, 7) is 3.73. The number of hydrogen-bond donors (Lipinski definition) is 1. The molecule has 4 aromatic rings. The van der Waals surface area contributed by atoms with Crippen LogP contribution in [0.2, 0.25) is 5.02 Å². The Morgan fingerprint density at radius 3 is 1.96 bits per heavy atom. The van der Waals surface area contributed by atoms with Gasteiger partial charge in [-0.05, 0) is 47.4 Å². The normalized spacial score (nSPS) is 11.8. The van der Waals surface area contributed by atoms with E-state index in [1.165, 1.54) is 56.6 Å². The van der Waals surface area contributed by atoms with Gasteiger partial charge in [0.25, 0.3) is 10.0 Å². The lowest BCUT2D eigenvalue weighted by Crippen LogP contribution is -2.53. The van der Waals surface area contributed by atoms with E-state index >= 15 is 0 Å². The Balaban J connectivity index is 1.86. The molecule has 260 valence electrons. The van der Waals surface area contributed by atoms with Crippen LogP contribution in [0.1, 0.15) is 25.0 Å². The number of amides is 2. The van der Waals surface area contributed by atoms with Crippen LogP contribution < -0.4 is 23.8 Å². The van der Waals surface area contributed by atoms with Crippen LogP contribution in [0.15, 0.2) is 102 Å². The van der Waals surface area contributed by atoms with Gasteiger partial charge in [0.2, 0.25) is 11.8 Å². The number of rotatable bonds is 16. The lowest BCUT2D eigenvalue weighted by Gasteiger charge is -2.34. The van der Waals surface area contributed by atoms with Gasteiger partial charge >= 0.3 is 0 Å². The topological polar surface area (TPSA) is 114 Å². The number of nitrogens with zero attached hydrogens (tertiary/aromatic N) is 2. The average Bonchev–Trinajstić information content (AvgIpc) is 3.11. The molecule has 0 radical (unpaired) electrons. The molecule has 1 N–H and O–H groups in total. The second-order valence-electron chi connectivity index (χ2n) is 11.7. The third-order valence-electron chi connectivity index (χ3n) is 7.78. The summed E-state index contributed by atoms with van der Waals surface area (Å²) < 4.78 is 46.3. The highest BCUT2D eigenvalue weighted by Gasteiger charge is 2.36. The molecule has 0 aromatic heterocycles. The number of carbonyl (C=O) groups is 2. The Morgan fingerprint density at radius 2 is 1.37 bits per heavy atom. The molecule has 0 aliphatic carbocycles. The SMILES string of the molecule is COc1ccc(S(=O)(=O)N(CC(=O)N(Cc2ccccc2)[C@H](Cc2ccccc2)C(=O)NCC(C)C)c2cc(Cl)ccc2OC)cc1OC. The quantitative estimate of drug-likeness (QED) is 0.153. The third-order valence-corrected chi connectivity index (χ3v) is 9.77. The molecule has 49 heavy (non-hydrogen) atoms.